The van der Waals surface area contributed by atoms with E-state index in [0.717, 1.165) is 65.2 Å². The summed E-state index contributed by atoms with van der Waals surface area (Å²) in [5, 5.41) is 44.8. The maximum absolute atomic E-state index is 14.4. The van der Waals surface area contributed by atoms with E-state index in [9.17, 15) is 48.0 Å². The number of anilines is 4. The number of benzene rings is 9. The van der Waals surface area contributed by atoms with Gasteiger partial charge in [0.15, 0.2) is 11.5 Å². The predicted molar refractivity (Wildman–Crippen MR) is 456 cm³/mol. The number of nitrogen functional groups attached to an aromatic ring is 3. The standard InChI is InChI=1S/C29H33FN2O3.C16H18BrFN2O2.C13H16O.C10H12O2.C6H4BrFN2O2.C6H5FN2O2.4CH4.BHNS/c1-29(2,20-35-18-22-11-7-4-8-12-22)28-14-23-13-26(31)25(30)15-27(23)32(28)16-24(33)19-34-17-21-9-5-3-6-10-21;17-13-6-15(19)14(18)7-16(13)20-8-12(21)10-22-9-11-4-2-1-3-5-11;1-4-13(2,3)11-14-10-12-8-6-5-7-9-12;1-2-4-9(5-3-1)6-11-7-10-8-12-10;7-3-1-6(10(11)12)4(8)2-5(3)9;7-5-3-4(8)1-2-6(5)9(10)11;;;;;1-2-3/h3-15,24,33H,16-20,31H2,1-2H3;1-7,12,20-21H,8-10,19H2;1,5-9H,10-11H2,2-3H3;1-5,10H,6-8H2;1-2H,9H2;1-3H,8H2;4*1H4;3H/p+1/t24-;12-;;10-;;;;;;;/m11.0......./s1. The first-order valence-electron chi connectivity index (χ1n) is 33.8. The number of epoxide rings is 1. The Labute approximate surface area is 684 Å². The first kappa shape index (κ1) is 102. The van der Waals surface area contributed by atoms with Crippen molar-refractivity contribution in [2.75, 3.05) is 68.7 Å². The van der Waals surface area contributed by atoms with Gasteiger partial charge in [-0.15, -0.1) is 6.42 Å². The molecule has 2 heterocycles. The monoisotopic (exact) mass is 1710 g/mol. The zero-order valence-corrected chi connectivity index (χ0v) is 64.8. The number of nitrogens with one attached hydrogen (secondary N) is 1. The maximum Gasteiger partial charge on any atom is 0.185 e. The van der Waals surface area contributed by atoms with Gasteiger partial charge in [-0.2, -0.15) is 8.78 Å². The van der Waals surface area contributed by atoms with Crippen molar-refractivity contribution in [1.82, 2.24) is 4.57 Å². The number of rotatable bonds is 28. The van der Waals surface area contributed by atoms with E-state index in [1.165, 1.54) is 29.3 Å². The minimum atomic E-state index is -0.930. The zero-order chi connectivity index (χ0) is 79.9. The minimum absolute atomic E-state index is 0. The molecular formula is C84H106BBr2F4N9O12S+. The smallest absolute Gasteiger partial charge is 0.185 e. The molecule has 0 saturated carbocycles. The molecule has 113 heavy (non-hydrogen) atoms. The van der Waals surface area contributed by atoms with Gasteiger partial charge in [0, 0.05) is 91.2 Å². The molecule has 29 heteroatoms. The van der Waals surface area contributed by atoms with Crippen molar-refractivity contribution < 1.29 is 71.8 Å². The molecule has 609 valence electrons. The quantitative estimate of drug-likeness (QED) is 0.00330. The van der Waals surface area contributed by atoms with Gasteiger partial charge in [-0.1, -0.05) is 201 Å². The second-order valence-corrected chi connectivity index (χ2v) is 27.6. The molecule has 0 bridgehead atoms. The van der Waals surface area contributed by atoms with Crippen LogP contribution in [0.4, 0.5) is 57.4 Å². The Kier molecular flexibility index (Phi) is 48.2. The Morgan fingerprint density at radius 3 is 1.49 bits per heavy atom. The molecule has 21 nitrogen and oxygen atoms in total. The third kappa shape index (κ3) is 38.3. The predicted octanol–water partition coefficient (Wildman–Crippen LogP) is 18.5. The number of hydrogen-bond donors (Lipinski definition) is 8. The molecule has 3 atom stereocenters. The maximum atomic E-state index is 14.4. The average molecular weight is 1710 g/mol. The van der Waals surface area contributed by atoms with Gasteiger partial charge in [-0.05, 0) is 91.7 Å². The number of quaternary nitrogens is 1. The van der Waals surface area contributed by atoms with Crippen molar-refractivity contribution in [2.24, 2.45) is 9.72 Å². The van der Waals surface area contributed by atoms with Crippen molar-refractivity contribution in [2.45, 2.75) is 121 Å². The molecule has 0 spiro atoms. The van der Waals surface area contributed by atoms with Gasteiger partial charge in [0.05, 0.1) is 118 Å². The molecule has 1 fully saturated rings. The minimum Gasteiger partial charge on any atom is -0.389 e. The van der Waals surface area contributed by atoms with Crippen LogP contribution in [-0.4, -0.2) is 96.8 Å². The van der Waals surface area contributed by atoms with Crippen molar-refractivity contribution in [3.05, 3.63) is 298 Å². The van der Waals surface area contributed by atoms with Crippen LogP contribution in [0.1, 0.15) is 90.9 Å². The van der Waals surface area contributed by atoms with Gasteiger partial charge >= 0.3 is 36.1 Å². The first-order valence-corrected chi connectivity index (χ1v) is 35.8. The summed E-state index contributed by atoms with van der Waals surface area (Å²) < 4.78 is 92.1. The third-order valence-electron chi connectivity index (χ3n) is 15.4. The molecule has 1 aliphatic heterocycles. The van der Waals surface area contributed by atoms with Crippen LogP contribution in [0.2, 0.25) is 0 Å². The fourth-order valence-corrected chi connectivity index (χ4v) is 10.5. The van der Waals surface area contributed by atoms with E-state index in [0.29, 0.717) is 78.2 Å². The van der Waals surface area contributed by atoms with E-state index in [1.54, 1.807) is 12.1 Å². The van der Waals surface area contributed by atoms with Crippen LogP contribution in [0.15, 0.2) is 226 Å². The summed E-state index contributed by atoms with van der Waals surface area (Å²) in [4.78, 5) is 18.6. The number of nitrogens with zero attached hydrogens (tertiary/aromatic N) is 4. The van der Waals surface area contributed by atoms with E-state index in [2.05, 4.69) is 99.6 Å². The number of nitro benzene ring substituents is 2. The number of halogens is 6. The van der Waals surface area contributed by atoms with Gasteiger partial charge in [0.25, 0.3) is 0 Å². The van der Waals surface area contributed by atoms with E-state index in [4.69, 9.17) is 52.0 Å². The number of aromatic nitrogens is 1. The molecule has 0 unspecified atom stereocenters. The van der Waals surface area contributed by atoms with Gasteiger partial charge in [0.1, 0.15) is 11.9 Å². The summed E-state index contributed by atoms with van der Waals surface area (Å²) in [6.45, 7) is 14.4. The molecule has 0 amide bonds. The van der Waals surface area contributed by atoms with Crippen LogP contribution in [0.25, 0.3) is 10.9 Å². The third-order valence-corrected chi connectivity index (χ3v) is 16.7. The number of ether oxygens (including phenoxy) is 6. The number of aliphatic hydroxyl groups is 2. The second kappa shape index (κ2) is 53.6. The van der Waals surface area contributed by atoms with Crippen molar-refractivity contribution in [3.63, 3.8) is 0 Å². The van der Waals surface area contributed by atoms with E-state index >= 15 is 0 Å². The Bertz CT molecular complexity index is 4460. The molecule has 9 aromatic carbocycles. The summed E-state index contributed by atoms with van der Waals surface area (Å²) in [5.41, 5.74) is 26.7. The van der Waals surface area contributed by atoms with Crippen molar-refractivity contribution in [1.29, 1.82) is 0 Å². The number of hydrogen-bond acceptors (Lipinski definition) is 18. The van der Waals surface area contributed by atoms with Crippen LogP contribution in [0.5, 0.6) is 0 Å². The van der Waals surface area contributed by atoms with Gasteiger partial charge in [0.2, 0.25) is 11.6 Å². The summed E-state index contributed by atoms with van der Waals surface area (Å²) in [7, 11) is 4.34. The van der Waals surface area contributed by atoms with Crippen molar-refractivity contribution >= 4 is 103 Å². The van der Waals surface area contributed by atoms with Crippen LogP contribution in [-0.2, 0) is 73.4 Å². The molecular weight excluding hydrogens is 1610 g/mol. The number of terminal acetylenes is 1. The Balaban J connectivity index is 0.000000709. The molecule has 1 aromatic heterocycles. The summed E-state index contributed by atoms with van der Waals surface area (Å²) in [6, 6.07) is 63.0. The number of nitro groups is 2. The Morgan fingerprint density at radius 2 is 1.04 bits per heavy atom. The Morgan fingerprint density at radius 1 is 0.611 bits per heavy atom. The number of aliphatic hydroxyl groups excluding tert-OH is 2. The topological polar surface area (TPSA) is 320 Å². The van der Waals surface area contributed by atoms with Crippen LogP contribution < -0.4 is 28.3 Å². The SMILES string of the molecule is C.C.C.C.C#CC(C)(C)COCc1ccccc1.CC(C)(COCc1ccccc1)c1cc2cc(N)c(F)cc2n1C[C@@H](O)COCc1ccccc1.Nc1cc(F)c([N+](=O)[O-])cc1Br.Nc1ccc([N+](=O)[O-])c(F)c1.[B]=NS.[NH3+]c1cc(Br)c(NC[C@@H](O)COCc2ccccc2)cc1F.c1ccc(COC[C@H]2CO2)cc1. The molecule has 1 aliphatic rings. The van der Waals surface area contributed by atoms with E-state index < -0.39 is 56.3 Å². The van der Waals surface area contributed by atoms with Crippen LogP contribution in [0.3, 0.4) is 0 Å². The zero-order valence-electron chi connectivity index (χ0n) is 60.7. The molecule has 1 saturated heterocycles. The Hall–Kier alpha value is -9.39. The fraction of sp³-hybridized carbons (Fsp3) is 0.310. The number of thiol groups is 1. The molecule has 1 radical (unpaired) electrons. The van der Waals surface area contributed by atoms with Crippen LogP contribution in [0, 0.1) is 61.3 Å². The van der Waals surface area contributed by atoms with Gasteiger partial charge in [-0.3, -0.25) is 20.2 Å². The van der Waals surface area contributed by atoms with E-state index in [-0.39, 0.29) is 84.3 Å². The summed E-state index contributed by atoms with van der Waals surface area (Å²) in [6.07, 6.45) is 4.27. The number of nitrogens with two attached hydrogens (primary N) is 3. The average Bonchev–Trinajstić information content (AvgIpc) is 1.61. The largest absolute Gasteiger partial charge is 0.389 e. The number of fused-ring (bicyclic) bond motifs is 1. The van der Waals surface area contributed by atoms with Crippen LogP contribution >= 0.6 is 44.7 Å². The molecule has 12 N–H and O–H groups in total. The van der Waals surface area contributed by atoms with E-state index in [1.807, 2.05) is 164 Å². The second-order valence-electron chi connectivity index (χ2n) is 25.7. The first-order chi connectivity index (χ1) is 52.0. The normalized spacial score (nSPS) is 12.0. The van der Waals surface area contributed by atoms with Gasteiger partial charge < -0.3 is 71.5 Å². The van der Waals surface area contributed by atoms with Gasteiger partial charge in [-0.25, -0.2) is 8.78 Å². The molecule has 10 aromatic rings. The fourth-order valence-electron chi connectivity index (χ4n) is 9.63. The summed E-state index contributed by atoms with van der Waals surface area (Å²) in [5.74, 6) is 0.00125. The molecule has 0 aliphatic carbocycles. The summed E-state index contributed by atoms with van der Waals surface area (Å²) >= 11 is 9.48. The van der Waals surface area contributed by atoms with Crippen molar-refractivity contribution in [3.8, 4) is 12.3 Å². The molecule has 11 rings (SSSR count).